The number of thiocarbonyl (C=S) groups is 2. The number of hydrogen-bond donors (Lipinski definition) is 0. The monoisotopic (exact) mass is 312 g/mol. The van der Waals surface area contributed by atoms with E-state index in [1.165, 1.54) is 10.3 Å². The van der Waals surface area contributed by atoms with Gasteiger partial charge in [0.2, 0.25) is 0 Å². The molecule has 0 saturated heterocycles. The summed E-state index contributed by atoms with van der Waals surface area (Å²) < 4.78 is 8.39. The molecule has 0 aromatic carbocycles. The van der Waals surface area contributed by atoms with Crippen molar-refractivity contribution in [3.05, 3.63) is 10.8 Å². The van der Waals surface area contributed by atoms with Crippen LogP contribution >= 0.6 is 24.4 Å². The van der Waals surface area contributed by atoms with Crippen molar-refractivity contribution in [3.8, 4) is 0 Å². The van der Waals surface area contributed by atoms with Crippen LogP contribution in [0.25, 0.3) is 10.8 Å². The van der Waals surface area contributed by atoms with Gasteiger partial charge in [0.15, 0.2) is 0 Å². The van der Waals surface area contributed by atoms with Gasteiger partial charge in [-0.05, 0) is 0 Å². The van der Waals surface area contributed by atoms with Crippen LogP contribution in [-0.2, 0) is 27.2 Å². The van der Waals surface area contributed by atoms with Crippen LogP contribution in [0.4, 0.5) is 0 Å². The molecule has 0 amide bonds. The van der Waals surface area contributed by atoms with Crippen molar-refractivity contribution in [2.75, 3.05) is 0 Å². The third kappa shape index (κ3) is 2390. The summed E-state index contributed by atoms with van der Waals surface area (Å²) in [6.07, 6.45) is 0. The molecule has 6 heteroatoms. The summed E-state index contributed by atoms with van der Waals surface area (Å²) in [6, 6.07) is 0. The van der Waals surface area contributed by atoms with Gasteiger partial charge < -0.3 is 10.8 Å². The van der Waals surface area contributed by atoms with Gasteiger partial charge in [-0.1, -0.05) is 24.4 Å². The van der Waals surface area contributed by atoms with Gasteiger partial charge in [-0.3, -0.25) is 0 Å². The van der Waals surface area contributed by atoms with Crippen LogP contribution in [-0.4, -0.2) is 10.3 Å². The van der Waals surface area contributed by atoms with Crippen LogP contribution in [0.1, 0.15) is 0 Å². The minimum absolute atomic E-state index is 0.0556. The van der Waals surface area contributed by atoms with E-state index in [2.05, 4.69) is 24.4 Å². The predicted molar refractivity (Wildman–Crippen MR) is 32.6 cm³/mol. The van der Waals surface area contributed by atoms with E-state index in [1.54, 1.807) is 0 Å². The molecular weight excluding hydrogens is 311 g/mol. The van der Waals surface area contributed by atoms with Crippen molar-refractivity contribution in [3.63, 3.8) is 0 Å². The number of nitrogens with zero attached hydrogens (tertiary/aromatic N) is 2. The van der Waals surface area contributed by atoms with Crippen molar-refractivity contribution in [2.45, 2.75) is 0 Å². The molecule has 0 aliphatic carbocycles. The Hall–Kier alpha value is 0.270. The fourth-order valence-corrected chi connectivity index (χ4v) is 0. The number of hydrogen-bond acceptors (Lipinski definition) is 3. The Morgan fingerprint density at radius 3 is 1.12 bits per heavy atom. The summed E-state index contributed by atoms with van der Waals surface area (Å²) in [4.78, 5) is 0. The number of rotatable bonds is 0. The zero-order valence-electron chi connectivity index (χ0n) is 3.62. The maximum absolute atomic E-state index is 8.39. The van der Waals surface area contributed by atoms with E-state index in [0.717, 1.165) is 0 Å². The van der Waals surface area contributed by atoms with Crippen molar-refractivity contribution in [1.82, 2.24) is 0 Å². The van der Waals surface area contributed by atoms with E-state index in [4.69, 9.17) is 13.7 Å². The van der Waals surface area contributed by atoms with Crippen molar-refractivity contribution < 1.29 is 27.2 Å². The first-order chi connectivity index (χ1) is 3.83. The summed E-state index contributed by atoms with van der Waals surface area (Å²) in [6.45, 7) is 0. The second-order valence-electron chi connectivity index (χ2n) is 0.183. The molecule has 0 saturated carbocycles. The first-order valence-corrected chi connectivity index (χ1v) is 3.34. The van der Waals surface area contributed by atoms with Crippen LogP contribution in [0, 0.1) is 0 Å². The fourth-order valence-electron chi connectivity index (χ4n) is 0. The van der Waals surface area contributed by atoms with Gasteiger partial charge in [0.05, 0.1) is 0 Å². The minimum atomic E-state index is 0.0556. The normalized spacial score (nSPS) is 2.75. The zero-order chi connectivity index (χ0) is 7.41. The molecule has 0 fully saturated rings. The van der Waals surface area contributed by atoms with E-state index in [1.807, 2.05) is 0 Å². The molecule has 40 valence electrons. The molecule has 0 bridgehead atoms. The van der Waals surface area contributed by atoms with Gasteiger partial charge in [-0.15, -0.1) is 0 Å². The summed E-state index contributed by atoms with van der Waals surface area (Å²) in [7, 11) is 0. The summed E-state index contributed by atoms with van der Waals surface area (Å²) in [5.41, 5.74) is 0. The summed E-state index contributed by atoms with van der Waals surface area (Å²) >= 11 is 7.45. The predicted octanol–water partition coefficient (Wildman–Crippen LogP) is 1.20. The SMILES string of the molecule is [N-]=C=S.[N-]=C=S.[O]=[Hf+2]. The molecule has 0 spiro atoms. The molecule has 0 aromatic rings. The van der Waals surface area contributed by atoms with Crippen molar-refractivity contribution in [2.24, 2.45) is 0 Å². The molecule has 0 atom stereocenters. The van der Waals surface area contributed by atoms with E-state index >= 15 is 0 Å². The first kappa shape index (κ1) is 15.7. The molecule has 0 rings (SSSR count). The molecule has 3 nitrogen and oxygen atoms in total. The van der Waals surface area contributed by atoms with Gasteiger partial charge in [-0.25, -0.2) is 0 Å². The molecule has 0 N–H and O–H groups in total. The standard InChI is InChI=1S/2CNS.Hf.O/c2*2-1-3;;/q2*-1;+2;. The zero-order valence-corrected chi connectivity index (χ0v) is 8.84. The van der Waals surface area contributed by atoms with E-state index in [0.29, 0.717) is 0 Å². The molecule has 8 heavy (non-hydrogen) atoms. The molecule has 0 radical (unpaired) electrons. The Morgan fingerprint density at radius 2 is 1.12 bits per heavy atom. The Morgan fingerprint density at radius 1 is 1.12 bits per heavy atom. The van der Waals surface area contributed by atoms with E-state index in [9.17, 15) is 0 Å². The topological polar surface area (TPSA) is 61.7 Å². The van der Waals surface area contributed by atoms with Crippen molar-refractivity contribution in [1.29, 1.82) is 0 Å². The Balaban J connectivity index is -0.0000000483. The average Bonchev–Trinajstić information content (AvgIpc) is 1.75. The van der Waals surface area contributed by atoms with Gasteiger partial charge in [0.25, 0.3) is 0 Å². The van der Waals surface area contributed by atoms with Crippen LogP contribution in [0.3, 0.4) is 0 Å². The van der Waals surface area contributed by atoms with E-state index in [-0.39, 0.29) is 24.4 Å². The molecule has 0 heterocycles. The van der Waals surface area contributed by atoms with Crippen molar-refractivity contribution >= 4 is 34.8 Å². The van der Waals surface area contributed by atoms with Gasteiger partial charge >= 0.3 is 27.2 Å². The maximum atomic E-state index is 8.39. The molecule has 0 aliphatic rings. The van der Waals surface area contributed by atoms with Gasteiger partial charge in [0.1, 0.15) is 0 Å². The summed E-state index contributed by atoms with van der Waals surface area (Å²) in [5, 5.41) is 16.9. The first-order valence-electron chi connectivity index (χ1n) is 1.06. The number of isothiocyanates is 2. The average molecular weight is 311 g/mol. The van der Waals surface area contributed by atoms with E-state index < -0.39 is 0 Å². The van der Waals surface area contributed by atoms with Crippen LogP contribution in [0.5, 0.6) is 0 Å². The third-order valence-electron chi connectivity index (χ3n) is 0. The molecule has 0 unspecified atom stereocenters. The second kappa shape index (κ2) is 55.5. The van der Waals surface area contributed by atoms with Gasteiger partial charge in [0, 0.05) is 0 Å². The van der Waals surface area contributed by atoms with Crippen LogP contribution in [0.15, 0.2) is 0 Å². The Kier molecular flexibility index (Phi) is 109. The fraction of sp³-hybridized carbons (Fsp3) is 0. The van der Waals surface area contributed by atoms with Crippen LogP contribution < -0.4 is 0 Å². The van der Waals surface area contributed by atoms with Crippen LogP contribution in [0.2, 0.25) is 0 Å². The quantitative estimate of drug-likeness (QED) is 0.384. The second-order valence-corrected chi connectivity index (χ2v) is 0.548. The molecule has 0 aromatic heterocycles. The Bertz CT molecular complexity index is 82.2. The molecule has 0 aliphatic heterocycles. The summed E-state index contributed by atoms with van der Waals surface area (Å²) in [5.74, 6) is 0. The van der Waals surface area contributed by atoms with Gasteiger partial charge in [-0.2, -0.15) is 10.3 Å². The Labute approximate surface area is 72.5 Å². The molecular formula is C2HfN2OS2. The third-order valence-corrected chi connectivity index (χ3v) is 0.